The minimum absolute atomic E-state index is 0.251. The van der Waals surface area contributed by atoms with Gasteiger partial charge in [-0.3, -0.25) is 9.59 Å². The molecule has 82 valence electrons. The van der Waals surface area contributed by atoms with Crippen molar-refractivity contribution < 1.29 is 14.7 Å². The summed E-state index contributed by atoms with van der Waals surface area (Å²) in [5, 5.41) is 10.9. The standard InChI is InChI=1S/C9H18N2O3/c1-6(8(13)14)11-7(12)4-5-9(2,3)10/h6H,4-5,10H2,1-3H3,(H,11,12)(H,13,14). The summed E-state index contributed by atoms with van der Waals surface area (Å²) >= 11 is 0. The third kappa shape index (κ3) is 6.42. The first kappa shape index (κ1) is 12.9. The average molecular weight is 202 g/mol. The molecule has 0 aromatic carbocycles. The van der Waals surface area contributed by atoms with E-state index in [-0.39, 0.29) is 12.3 Å². The van der Waals surface area contributed by atoms with E-state index in [1.807, 2.05) is 13.8 Å². The van der Waals surface area contributed by atoms with Crippen LogP contribution in [-0.2, 0) is 9.59 Å². The fourth-order valence-corrected chi connectivity index (χ4v) is 0.811. The molecule has 1 unspecified atom stereocenters. The van der Waals surface area contributed by atoms with E-state index in [0.717, 1.165) is 0 Å². The van der Waals surface area contributed by atoms with Crippen molar-refractivity contribution in [3.8, 4) is 0 Å². The van der Waals surface area contributed by atoms with E-state index >= 15 is 0 Å². The Morgan fingerprint density at radius 2 is 2.00 bits per heavy atom. The molecule has 5 heteroatoms. The van der Waals surface area contributed by atoms with Gasteiger partial charge in [-0.05, 0) is 27.2 Å². The number of nitrogens with one attached hydrogen (secondary N) is 1. The highest BCUT2D eigenvalue weighted by Crippen LogP contribution is 2.06. The third-order valence-electron chi connectivity index (χ3n) is 1.74. The average Bonchev–Trinajstić information content (AvgIpc) is 1.99. The third-order valence-corrected chi connectivity index (χ3v) is 1.74. The highest BCUT2D eigenvalue weighted by molar-refractivity contribution is 5.83. The molecule has 1 atom stereocenters. The minimum atomic E-state index is -1.04. The molecule has 0 heterocycles. The molecule has 0 aliphatic heterocycles. The molecule has 4 N–H and O–H groups in total. The number of carboxylic acids is 1. The van der Waals surface area contributed by atoms with Gasteiger partial charge in [0.25, 0.3) is 0 Å². The molecule has 0 rings (SSSR count). The first-order valence-corrected chi connectivity index (χ1v) is 4.53. The van der Waals surface area contributed by atoms with Crippen molar-refractivity contribution in [3.05, 3.63) is 0 Å². The molecule has 0 radical (unpaired) electrons. The maximum atomic E-state index is 11.2. The number of carbonyl (C=O) groups excluding carboxylic acids is 1. The van der Waals surface area contributed by atoms with E-state index in [0.29, 0.717) is 6.42 Å². The fourth-order valence-electron chi connectivity index (χ4n) is 0.811. The summed E-state index contributed by atoms with van der Waals surface area (Å²) in [7, 11) is 0. The summed E-state index contributed by atoms with van der Waals surface area (Å²) in [4.78, 5) is 21.6. The second-order valence-electron chi connectivity index (χ2n) is 4.12. The quantitative estimate of drug-likeness (QED) is 0.589. The second-order valence-corrected chi connectivity index (χ2v) is 4.12. The molecule has 0 bridgehead atoms. The lowest BCUT2D eigenvalue weighted by atomic mass is 10.00. The second kappa shape index (κ2) is 4.95. The van der Waals surface area contributed by atoms with Crippen LogP contribution in [0.4, 0.5) is 0 Å². The van der Waals surface area contributed by atoms with Crippen molar-refractivity contribution in [2.75, 3.05) is 0 Å². The van der Waals surface area contributed by atoms with Crippen LogP contribution in [0.25, 0.3) is 0 Å². The van der Waals surface area contributed by atoms with Crippen molar-refractivity contribution in [2.45, 2.75) is 45.2 Å². The molecule has 0 aliphatic carbocycles. The minimum Gasteiger partial charge on any atom is -0.480 e. The van der Waals surface area contributed by atoms with Crippen LogP contribution in [0.15, 0.2) is 0 Å². The van der Waals surface area contributed by atoms with Gasteiger partial charge >= 0.3 is 5.97 Å². The van der Waals surface area contributed by atoms with Gasteiger partial charge in [0, 0.05) is 12.0 Å². The van der Waals surface area contributed by atoms with Crippen LogP contribution in [0.3, 0.4) is 0 Å². The van der Waals surface area contributed by atoms with E-state index in [1.54, 1.807) is 0 Å². The van der Waals surface area contributed by atoms with Crippen LogP contribution < -0.4 is 11.1 Å². The summed E-state index contributed by atoms with van der Waals surface area (Å²) in [6.45, 7) is 5.07. The van der Waals surface area contributed by atoms with Crippen molar-refractivity contribution in [1.82, 2.24) is 5.32 Å². The Balaban J connectivity index is 3.83. The van der Waals surface area contributed by atoms with Gasteiger partial charge in [0.1, 0.15) is 6.04 Å². The molecule has 0 aliphatic rings. The highest BCUT2D eigenvalue weighted by Gasteiger charge is 2.16. The summed E-state index contributed by atoms with van der Waals surface area (Å²) in [6.07, 6.45) is 0.784. The van der Waals surface area contributed by atoms with Gasteiger partial charge in [-0.2, -0.15) is 0 Å². The maximum absolute atomic E-state index is 11.2. The van der Waals surface area contributed by atoms with Gasteiger partial charge in [-0.15, -0.1) is 0 Å². The van der Waals surface area contributed by atoms with E-state index in [4.69, 9.17) is 10.8 Å². The molecular weight excluding hydrogens is 184 g/mol. The van der Waals surface area contributed by atoms with E-state index in [9.17, 15) is 9.59 Å². The Kier molecular flexibility index (Phi) is 4.56. The van der Waals surface area contributed by atoms with Gasteiger partial charge in [-0.25, -0.2) is 0 Å². The number of aliphatic carboxylic acids is 1. The van der Waals surface area contributed by atoms with Crippen molar-refractivity contribution in [1.29, 1.82) is 0 Å². The van der Waals surface area contributed by atoms with Crippen LogP contribution in [0.5, 0.6) is 0 Å². The topological polar surface area (TPSA) is 92.4 Å². The zero-order chi connectivity index (χ0) is 11.4. The molecule has 0 saturated carbocycles. The number of nitrogens with two attached hydrogens (primary N) is 1. The molecule has 1 amide bonds. The van der Waals surface area contributed by atoms with Crippen LogP contribution in [0.2, 0.25) is 0 Å². The first-order valence-electron chi connectivity index (χ1n) is 4.53. The molecule has 0 fully saturated rings. The van der Waals surface area contributed by atoms with Crippen LogP contribution in [-0.4, -0.2) is 28.6 Å². The Morgan fingerprint density at radius 1 is 1.50 bits per heavy atom. The van der Waals surface area contributed by atoms with E-state index in [1.165, 1.54) is 6.92 Å². The molecule has 0 aromatic rings. The number of hydrogen-bond acceptors (Lipinski definition) is 3. The number of carbonyl (C=O) groups is 2. The van der Waals surface area contributed by atoms with Crippen molar-refractivity contribution in [3.63, 3.8) is 0 Å². The van der Waals surface area contributed by atoms with Gasteiger partial charge in [0.15, 0.2) is 0 Å². The number of carboxylic acid groups (broad SMARTS) is 1. The first-order chi connectivity index (χ1) is 6.22. The largest absolute Gasteiger partial charge is 0.480 e. The van der Waals surface area contributed by atoms with E-state index in [2.05, 4.69) is 5.32 Å². The Bertz CT molecular complexity index is 221. The number of hydrogen-bond donors (Lipinski definition) is 3. The zero-order valence-corrected chi connectivity index (χ0v) is 8.83. The molecule has 14 heavy (non-hydrogen) atoms. The monoisotopic (exact) mass is 202 g/mol. The van der Waals surface area contributed by atoms with Crippen LogP contribution in [0.1, 0.15) is 33.6 Å². The lowest BCUT2D eigenvalue weighted by molar-refractivity contribution is -0.141. The molecule has 5 nitrogen and oxygen atoms in total. The predicted octanol–water partition coefficient (Wildman–Crippen LogP) is 0.0932. The summed E-state index contributed by atoms with van der Waals surface area (Å²) < 4.78 is 0. The Morgan fingerprint density at radius 3 is 2.36 bits per heavy atom. The Hall–Kier alpha value is -1.10. The number of rotatable bonds is 5. The highest BCUT2D eigenvalue weighted by atomic mass is 16.4. The number of amides is 1. The molecule has 0 aromatic heterocycles. The normalized spacial score (nSPS) is 13.4. The van der Waals surface area contributed by atoms with Gasteiger partial charge in [-0.1, -0.05) is 0 Å². The fraction of sp³-hybridized carbons (Fsp3) is 0.778. The predicted molar refractivity (Wildman–Crippen MR) is 52.7 cm³/mol. The molecular formula is C9H18N2O3. The summed E-state index contributed by atoms with van der Waals surface area (Å²) in [5.41, 5.74) is 5.28. The van der Waals surface area contributed by atoms with E-state index < -0.39 is 17.6 Å². The van der Waals surface area contributed by atoms with Gasteiger partial charge < -0.3 is 16.2 Å². The smallest absolute Gasteiger partial charge is 0.325 e. The zero-order valence-electron chi connectivity index (χ0n) is 8.83. The van der Waals surface area contributed by atoms with Crippen LogP contribution in [0, 0.1) is 0 Å². The van der Waals surface area contributed by atoms with Crippen molar-refractivity contribution in [2.24, 2.45) is 5.73 Å². The Labute approximate surface area is 83.7 Å². The lowest BCUT2D eigenvalue weighted by Crippen LogP contribution is -2.40. The molecule has 0 spiro atoms. The molecule has 0 saturated heterocycles. The van der Waals surface area contributed by atoms with Crippen molar-refractivity contribution >= 4 is 11.9 Å². The van der Waals surface area contributed by atoms with Gasteiger partial charge in [0.05, 0.1) is 0 Å². The maximum Gasteiger partial charge on any atom is 0.325 e. The summed E-state index contributed by atoms with van der Waals surface area (Å²) in [5.74, 6) is -1.32. The van der Waals surface area contributed by atoms with Gasteiger partial charge in [0.2, 0.25) is 5.91 Å². The lowest BCUT2D eigenvalue weighted by Gasteiger charge is -2.18. The SMILES string of the molecule is CC(NC(=O)CCC(C)(C)N)C(=O)O. The summed E-state index contributed by atoms with van der Waals surface area (Å²) in [6, 6.07) is -0.844. The van der Waals surface area contributed by atoms with Crippen LogP contribution >= 0.6 is 0 Å².